The van der Waals surface area contributed by atoms with Crippen LogP contribution in [0.25, 0.3) is 0 Å². The summed E-state index contributed by atoms with van der Waals surface area (Å²) in [5.74, 6) is 0. The molecule has 0 saturated heterocycles. The molecule has 1 rings (SSSR count). The summed E-state index contributed by atoms with van der Waals surface area (Å²) in [5, 5.41) is 9.26. The van der Waals surface area contributed by atoms with Crippen molar-refractivity contribution in [3.63, 3.8) is 0 Å². The molecule has 13 heavy (non-hydrogen) atoms. The fourth-order valence-corrected chi connectivity index (χ4v) is 1.38. The van der Waals surface area contributed by atoms with Crippen molar-refractivity contribution >= 4 is 0 Å². The van der Waals surface area contributed by atoms with Crippen molar-refractivity contribution in [3.05, 3.63) is 29.6 Å². The number of rotatable bonds is 3. The molecular formula is C10H16N2O. The number of aromatic nitrogens is 1. The highest BCUT2D eigenvalue weighted by atomic mass is 16.3. The molecule has 0 bridgehead atoms. The molecule has 0 aliphatic carbocycles. The van der Waals surface area contributed by atoms with E-state index in [2.05, 4.69) is 4.98 Å². The maximum absolute atomic E-state index is 9.26. The van der Waals surface area contributed by atoms with Crippen molar-refractivity contribution in [3.8, 4) is 0 Å². The van der Waals surface area contributed by atoms with Gasteiger partial charge in [0.1, 0.15) is 0 Å². The van der Waals surface area contributed by atoms with Crippen LogP contribution in [-0.4, -0.2) is 23.2 Å². The largest absolute Gasteiger partial charge is 0.395 e. The lowest BCUT2D eigenvalue weighted by Gasteiger charge is -2.26. The maximum Gasteiger partial charge on any atom is 0.0538 e. The highest BCUT2D eigenvalue weighted by Gasteiger charge is 2.25. The second-order valence-electron chi connectivity index (χ2n) is 3.56. The average molecular weight is 180 g/mol. The van der Waals surface area contributed by atoms with Gasteiger partial charge in [-0.05, 0) is 18.6 Å². The third kappa shape index (κ3) is 1.87. The van der Waals surface area contributed by atoms with E-state index < -0.39 is 0 Å². The SMILES string of the molecule is Cc1ncccc1C(C)(CN)CO. The van der Waals surface area contributed by atoms with Crippen LogP contribution in [0.5, 0.6) is 0 Å². The van der Waals surface area contributed by atoms with Gasteiger partial charge < -0.3 is 10.8 Å². The molecule has 3 N–H and O–H groups in total. The average Bonchev–Trinajstić information content (AvgIpc) is 2.17. The van der Waals surface area contributed by atoms with E-state index in [-0.39, 0.29) is 12.0 Å². The second-order valence-corrected chi connectivity index (χ2v) is 3.56. The monoisotopic (exact) mass is 180 g/mol. The lowest BCUT2D eigenvalue weighted by Crippen LogP contribution is -2.36. The van der Waals surface area contributed by atoms with E-state index in [9.17, 15) is 5.11 Å². The molecule has 0 amide bonds. The Kier molecular flexibility index (Phi) is 3.01. The van der Waals surface area contributed by atoms with Crippen molar-refractivity contribution in [2.75, 3.05) is 13.2 Å². The molecule has 1 aromatic heterocycles. The number of aliphatic hydroxyl groups excluding tert-OH is 1. The zero-order chi connectivity index (χ0) is 9.90. The molecule has 0 aliphatic rings. The van der Waals surface area contributed by atoms with Crippen molar-refractivity contribution in [2.24, 2.45) is 5.73 Å². The highest BCUT2D eigenvalue weighted by molar-refractivity contribution is 5.28. The molecule has 0 aromatic carbocycles. The van der Waals surface area contributed by atoms with Gasteiger partial charge in [0.25, 0.3) is 0 Å². The van der Waals surface area contributed by atoms with Crippen molar-refractivity contribution in [1.82, 2.24) is 4.98 Å². The number of nitrogens with two attached hydrogens (primary N) is 1. The molecule has 0 spiro atoms. The van der Waals surface area contributed by atoms with E-state index in [1.54, 1.807) is 6.20 Å². The summed E-state index contributed by atoms with van der Waals surface area (Å²) in [6.07, 6.45) is 1.74. The van der Waals surface area contributed by atoms with Crippen molar-refractivity contribution in [1.29, 1.82) is 0 Å². The van der Waals surface area contributed by atoms with Crippen molar-refractivity contribution in [2.45, 2.75) is 19.3 Å². The summed E-state index contributed by atoms with van der Waals surface area (Å²) < 4.78 is 0. The molecule has 72 valence electrons. The number of pyridine rings is 1. The first kappa shape index (κ1) is 10.2. The predicted molar refractivity (Wildman–Crippen MR) is 52.5 cm³/mol. The van der Waals surface area contributed by atoms with Gasteiger partial charge >= 0.3 is 0 Å². The topological polar surface area (TPSA) is 59.1 Å². The Labute approximate surface area is 78.6 Å². The standard InChI is InChI=1S/C10H16N2O/c1-8-9(4-3-5-12-8)10(2,6-11)7-13/h3-5,13H,6-7,11H2,1-2H3. The zero-order valence-electron chi connectivity index (χ0n) is 8.12. The lowest BCUT2D eigenvalue weighted by molar-refractivity contribution is 0.209. The summed E-state index contributed by atoms with van der Waals surface area (Å²) in [5.41, 5.74) is 7.23. The Balaban J connectivity index is 3.12. The zero-order valence-corrected chi connectivity index (χ0v) is 8.12. The quantitative estimate of drug-likeness (QED) is 0.716. The molecule has 0 radical (unpaired) electrons. The number of nitrogens with zero attached hydrogens (tertiary/aromatic N) is 1. The van der Waals surface area contributed by atoms with Crippen LogP contribution in [0.15, 0.2) is 18.3 Å². The minimum Gasteiger partial charge on any atom is -0.395 e. The van der Waals surface area contributed by atoms with E-state index in [4.69, 9.17) is 5.73 Å². The van der Waals surface area contributed by atoms with Crippen LogP contribution in [0.3, 0.4) is 0 Å². The molecule has 0 fully saturated rings. The Morgan fingerprint density at radius 2 is 2.31 bits per heavy atom. The first-order valence-corrected chi connectivity index (χ1v) is 4.37. The molecule has 1 atom stereocenters. The fourth-order valence-electron chi connectivity index (χ4n) is 1.38. The minimum atomic E-state index is -0.363. The van der Waals surface area contributed by atoms with Crippen LogP contribution in [-0.2, 0) is 5.41 Å². The third-order valence-electron chi connectivity index (χ3n) is 2.46. The number of aliphatic hydroxyl groups is 1. The minimum absolute atomic E-state index is 0.0516. The normalized spacial score (nSPS) is 15.4. The molecule has 3 heteroatoms. The van der Waals surface area contributed by atoms with Gasteiger partial charge in [0, 0.05) is 23.9 Å². The van der Waals surface area contributed by atoms with Crippen LogP contribution in [0, 0.1) is 6.92 Å². The molecule has 1 heterocycles. The summed E-state index contributed by atoms with van der Waals surface area (Å²) in [7, 11) is 0. The first-order valence-electron chi connectivity index (χ1n) is 4.37. The van der Waals surface area contributed by atoms with Crippen molar-refractivity contribution < 1.29 is 5.11 Å². The number of hydrogen-bond donors (Lipinski definition) is 2. The highest BCUT2D eigenvalue weighted by Crippen LogP contribution is 2.23. The van der Waals surface area contributed by atoms with Crippen LogP contribution < -0.4 is 5.73 Å². The van der Waals surface area contributed by atoms with Gasteiger partial charge in [0.05, 0.1) is 6.61 Å². The van der Waals surface area contributed by atoms with Gasteiger partial charge in [-0.15, -0.1) is 0 Å². The maximum atomic E-state index is 9.26. The molecule has 0 saturated carbocycles. The molecule has 1 unspecified atom stereocenters. The summed E-state index contributed by atoms with van der Waals surface area (Å²) >= 11 is 0. The fraction of sp³-hybridized carbons (Fsp3) is 0.500. The third-order valence-corrected chi connectivity index (χ3v) is 2.46. The van der Waals surface area contributed by atoms with E-state index in [1.165, 1.54) is 0 Å². The summed E-state index contributed by atoms with van der Waals surface area (Å²) in [6.45, 7) is 4.35. The number of hydrogen-bond acceptors (Lipinski definition) is 3. The van der Waals surface area contributed by atoms with E-state index in [1.807, 2.05) is 26.0 Å². The van der Waals surface area contributed by atoms with Crippen LogP contribution in [0.1, 0.15) is 18.2 Å². The van der Waals surface area contributed by atoms with Gasteiger partial charge in [-0.1, -0.05) is 13.0 Å². The summed E-state index contributed by atoms with van der Waals surface area (Å²) in [6, 6.07) is 3.83. The van der Waals surface area contributed by atoms with Crippen LogP contribution >= 0.6 is 0 Å². The van der Waals surface area contributed by atoms with Crippen LogP contribution in [0.2, 0.25) is 0 Å². The molecule has 1 aromatic rings. The van der Waals surface area contributed by atoms with E-state index in [0.717, 1.165) is 11.3 Å². The van der Waals surface area contributed by atoms with Gasteiger partial charge in [-0.3, -0.25) is 4.98 Å². The van der Waals surface area contributed by atoms with E-state index in [0.29, 0.717) is 6.54 Å². The number of aryl methyl sites for hydroxylation is 1. The van der Waals surface area contributed by atoms with E-state index >= 15 is 0 Å². The second kappa shape index (κ2) is 3.85. The summed E-state index contributed by atoms with van der Waals surface area (Å²) in [4.78, 5) is 4.17. The molecule has 0 aliphatic heterocycles. The lowest BCUT2D eigenvalue weighted by atomic mass is 9.82. The first-order chi connectivity index (χ1) is 6.14. The van der Waals surface area contributed by atoms with Gasteiger partial charge in [0.2, 0.25) is 0 Å². The van der Waals surface area contributed by atoms with Crippen LogP contribution in [0.4, 0.5) is 0 Å². The molecular weight excluding hydrogens is 164 g/mol. The van der Waals surface area contributed by atoms with Gasteiger partial charge in [0.15, 0.2) is 0 Å². The Hall–Kier alpha value is -0.930. The van der Waals surface area contributed by atoms with Gasteiger partial charge in [-0.2, -0.15) is 0 Å². The smallest absolute Gasteiger partial charge is 0.0538 e. The Bertz CT molecular complexity index is 282. The Morgan fingerprint density at radius 3 is 2.77 bits per heavy atom. The predicted octanol–water partition coefficient (Wildman–Crippen LogP) is 0.599. The van der Waals surface area contributed by atoms with Gasteiger partial charge in [-0.25, -0.2) is 0 Å². The molecule has 3 nitrogen and oxygen atoms in total. The Morgan fingerprint density at radius 1 is 1.62 bits per heavy atom.